The number of fused-ring (bicyclic) bond motifs is 1. The van der Waals surface area contributed by atoms with Crippen LogP contribution in [0.4, 0.5) is 5.69 Å². The largest absolute Gasteiger partial charge is 0.454 e. The van der Waals surface area contributed by atoms with Crippen LogP contribution in [0.2, 0.25) is 0 Å². The van der Waals surface area contributed by atoms with Crippen molar-refractivity contribution < 1.29 is 14.3 Å². The Morgan fingerprint density at radius 3 is 2.72 bits per heavy atom. The predicted octanol–water partition coefficient (Wildman–Crippen LogP) is 3.73. The van der Waals surface area contributed by atoms with Crippen molar-refractivity contribution in [2.45, 2.75) is 33.7 Å². The number of rotatable bonds is 5. The molecule has 0 bridgehead atoms. The van der Waals surface area contributed by atoms with Gasteiger partial charge >= 0.3 is 0 Å². The van der Waals surface area contributed by atoms with Crippen LogP contribution in [-0.4, -0.2) is 28.4 Å². The average Bonchev–Trinajstić information content (AvgIpc) is 3.35. The lowest BCUT2D eigenvalue weighted by Gasteiger charge is -2.13. The molecule has 8 heteroatoms. The lowest BCUT2D eigenvalue weighted by molar-refractivity contribution is 0.0976. The zero-order chi connectivity index (χ0) is 22.7. The smallest absolute Gasteiger partial charge is 0.258 e. The van der Waals surface area contributed by atoms with Crippen LogP contribution in [-0.2, 0) is 20.0 Å². The van der Waals surface area contributed by atoms with E-state index in [1.54, 1.807) is 18.2 Å². The molecular formula is C24H27N5O3. The minimum atomic E-state index is -0.291. The summed E-state index contributed by atoms with van der Waals surface area (Å²) >= 11 is 0. The molecular weight excluding hydrogens is 406 g/mol. The second-order valence-electron chi connectivity index (χ2n) is 7.64. The standard InChI is InChI=1S/C24H27N5O3/c1-5-17-7-6-8-19(11-17)26-24(25-13-20-15(2)28-29(4)16(20)3)27-23(30)18-9-10-21-22(12-18)32-14-31-21/h6-12H,5,13-14H2,1-4H3,(H2,25,26,27,30). The van der Waals surface area contributed by atoms with Crippen LogP contribution < -0.4 is 20.1 Å². The minimum absolute atomic E-state index is 0.159. The highest BCUT2D eigenvalue weighted by Gasteiger charge is 2.17. The fourth-order valence-corrected chi connectivity index (χ4v) is 3.54. The lowest BCUT2D eigenvalue weighted by atomic mass is 10.1. The molecule has 166 valence electrons. The molecule has 1 aromatic heterocycles. The molecule has 32 heavy (non-hydrogen) atoms. The summed E-state index contributed by atoms with van der Waals surface area (Å²) in [6, 6.07) is 13.1. The number of carbonyl (C=O) groups is 1. The molecule has 0 atom stereocenters. The van der Waals surface area contributed by atoms with Gasteiger partial charge in [-0.1, -0.05) is 19.1 Å². The zero-order valence-corrected chi connectivity index (χ0v) is 18.7. The molecule has 3 aromatic rings. The number of hydrogen-bond donors (Lipinski definition) is 2. The number of hydrogen-bond acceptors (Lipinski definition) is 5. The molecule has 2 N–H and O–H groups in total. The van der Waals surface area contributed by atoms with Gasteiger partial charge in [-0.15, -0.1) is 0 Å². The summed E-state index contributed by atoms with van der Waals surface area (Å²) in [6.45, 7) is 6.62. The van der Waals surface area contributed by atoms with E-state index in [4.69, 9.17) is 9.47 Å². The van der Waals surface area contributed by atoms with Gasteiger partial charge in [0.2, 0.25) is 12.8 Å². The maximum Gasteiger partial charge on any atom is 0.258 e. The van der Waals surface area contributed by atoms with Crippen LogP contribution in [0.1, 0.15) is 39.8 Å². The molecule has 2 heterocycles. The molecule has 0 spiro atoms. The van der Waals surface area contributed by atoms with Gasteiger partial charge in [0, 0.05) is 29.6 Å². The van der Waals surface area contributed by atoms with Crippen molar-refractivity contribution in [2.24, 2.45) is 12.0 Å². The second kappa shape index (κ2) is 9.13. The molecule has 0 fully saturated rings. The summed E-state index contributed by atoms with van der Waals surface area (Å²) < 4.78 is 12.6. The normalized spacial score (nSPS) is 12.7. The number of nitrogens with zero attached hydrogens (tertiary/aromatic N) is 3. The fourth-order valence-electron chi connectivity index (χ4n) is 3.54. The Morgan fingerprint density at radius 1 is 1.16 bits per heavy atom. The number of aryl methyl sites for hydroxylation is 3. The summed E-state index contributed by atoms with van der Waals surface area (Å²) in [7, 11) is 1.91. The average molecular weight is 434 g/mol. The highest BCUT2D eigenvalue weighted by molar-refractivity contribution is 6.10. The number of aromatic nitrogens is 2. The van der Waals surface area contributed by atoms with Crippen LogP contribution in [0.5, 0.6) is 11.5 Å². The molecule has 0 radical (unpaired) electrons. The van der Waals surface area contributed by atoms with Gasteiger partial charge in [0.15, 0.2) is 11.5 Å². The number of guanidine groups is 1. The molecule has 1 aliphatic heterocycles. The van der Waals surface area contributed by atoms with Crippen LogP contribution >= 0.6 is 0 Å². The van der Waals surface area contributed by atoms with E-state index in [0.717, 1.165) is 29.1 Å². The number of ether oxygens (including phenoxy) is 2. The maximum atomic E-state index is 13.0. The minimum Gasteiger partial charge on any atom is -0.454 e. The van der Waals surface area contributed by atoms with Gasteiger partial charge < -0.3 is 14.8 Å². The molecule has 1 amide bonds. The summed E-state index contributed by atoms with van der Waals surface area (Å²) in [5, 5.41) is 10.6. The first-order valence-corrected chi connectivity index (χ1v) is 10.5. The first-order valence-electron chi connectivity index (χ1n) is 10.5. The van der Waals surface area contributed by atoms with Gasteiger partial charge in [0.05, 0.1) is 12.2 Å². The zero-order valence-electron chi connectivity index (χ0n) is 18.7. The summed E-state index contributed by atoms with van der Waals surface area (Å²) in [5.41, 5.74) is 5.50. The Morgan fingerprint density at radius 2 is 1.97 bits per heavy atom. The van der Waals surface area contributed by atoms with E-state index in [1.807, 2.05) is 43.8 Å². The van der Waals surface area contributed by atoms with E-state index in [-0.39, 0.29) is 12.7 Å². The van der Waals surface area contributed by atoms with Gasteiger partial charge in [-0.05, 0) is 56.2 Å². The summed E-state index contributed by atoms with van der Waals surface area (Å²) in [5.74, 6) is 1.26. The Hall–Kier alpha value is -3.81. The van der Waals surface area contributed by atoms with E-state index in [2.05, 4.69) is 33.7 Å². The van der Waals surface area contributed by atoms with Gasteiger partial charge in [0.25, 0.3) is 5.91 Å². The van der Waals surface area contributed by atoms with Crippen molar-refractivity contribution in [3.63, 3.8) is 0 Å². The number of anilines is 1. The monoisotopic (exact) mass is 433 g/mol. The second-order valence-corrected chi connectivity index (χ2v) is 7.64. The van der Waals surface area contributed by atoms with Crippen LogP contribution in [0.15, 0.2) is 47.5 Å². The van der Waals surface area contributed by atoms with Crippen LogP contribution in [0.25, 0.3) is 0 Å². The van der Waals surface area contributed by atoms with Crippen LogP contribution in [0.3, 0.4) is 0 Å². The molecule has 4 rings (SSSR count). The molecule has 2 aromatic carbocycles. The van der Waals surface area contributed by atoms with E-state index in [1.165, 1.54) is 5.56 Å². The van der Waals surface area contributed by atoms with Crippen molar-refractivity contribution in [3.05, 3.63) is 70.5 Å². The Kier molecular flexibility index (Phi) is 6.11. The third-order valence-corrected chi connectivity index (χ3v) is 5.52. The van der Waals surface area contributed by atoms with Crippen molar-refractivity contribution in [2.75, 3.05) is 12.1 Å². The van der Waals surface area contributed by atoms with Gasteiger partial charge in [-0.3, -0.25) is 14.8 Å². The van der Waals surface area contributed by atoms with E-state index >= 15 is 0 Å². The molecule has 8 nitrogen and oxygen atoms in total. The van der Waals surface area contributed by atoms with Crippen molar-refractivity contribution in [1.82, 2.24) is 15.1 Å². The highest BCUT2D eigenvalue weighted by Crippen LogP contribution is 2.32. The van der Waals surface area contributed by atoms with Gasteiger partial charge in [-0.2, -0.15) is 5.10 Å². The first kappa shape index (κ1) is 21.4. The predicted molar refractivity (Wildman–Crippen MR) is 123 cm³/mol. The number of aliphatic imine (C=N–C) groups is 1. The summed E-state index contributed by atoms with van der Waals surface area (Å²) in [4.78, 5) is 17.7. The van der Waals surface area contributed by atoms with Crippen molar-refractivity contribution in [1.29, 1.82) is 0 Å². The molecule has 0 saturated carbocycles. The van der Waals surface area contributed by atoms with E-state index in [9.17, 15) is 4.79 Å². The first-order chi connectivity index (χ1) is 15.4. The van der Waals surface area contributed by atoms with Gasteiger partial charge in [0.1, 0.15) is 0 Å². The number of amides is 1. The van der Waals surface area contributed by atoms with E-state index in [0.29, 0.717) is 29.6 Å². The third kappa shape index (κ3) is 4.59. The molecule has 0 saturated heterocycles. The lowest BCUT2D eigenvalue weighted by Crippen LogP contribution is -2.36. The highest BCUT2D eigenvalue weighted by atomic mass is 16.7. The van der Waals surface area contributed by atoms with Crippen LogP contribution in [0, 0.1) is 13.8 Å². The maximum absolute atomic E-state index is 13.0. The Bertz CT molecular complexity index is 1180. The molecule has 0 unspecified atom stereocenters. The van der Waals surface area contributed by atoms with Crippen molar-refractivity contribution in [3.8, 4) is 11.5 Å². The molecule has 0 aliphatic carbocycles. The quantitative estimate of drug-likeness (QED) is 0.473. The Balaban J connectivity index is 1.59. The number of benzene rings is 2. The third-order valence-electron chi connectivity index (χ3n) is 5.52. The number of nitrogens with one attached hydrogen (secondary N) is 2. The van der Waals surface area contributed by atoms with Crippen molar-refractivity contribution >= 4 is 17.6 Å². The van der Waals surface area contributed by atoms with Gasteiger partial charge in [-0.25, -0.2) is 4.99 Å². The SMILES string of the molecule is CCc1cccc(NC(=NCc2c(C)nn(C)c2C)NC(=O)c2ccc3c(c2)OCO3)c1. The summed E-state index contributed by atoms with van der Waals surface area (Å²) in [6.07, 6.45) is 0.916. The number of carbonyl (C=O) groups excluding carboxylic acids is 1. The fraction of sp³-hybridized carbons (Fsp3) is 0.292. The van der Waals surface area contributed by atoms with E-state index < -0.39 is 0 Å². The Labute approximate surface area is 187 Å². The molecule has 1 aliphatic rings. The topological polar surface area (TPSA) is 89.8 Å².